The van der Waals surface area contributed by atoms with Crippen LogP contribution in [0.3, 0.4) is 0 Å². The van der Waals surface area contributed by atoms with Crippen LogP contribution in [0.4, 0.5) is 0 Å². The fraction of sp³-hybridized carbons (Fsp3) is 0.833. The van der Waals surface area contributed by atoms with Crippen molar-refractivity contribution in [2.45, 2.75) is 17.1 Å². The normalized spacial score (nSPS) is 44.7. The molecule has 0 aliphatic carbocycles. The van der Waals surface area contributed by atoms with Crippen LogP contribution in [0.5, 0.6) is 0 Å². The molecule has 0 unspecified atom stereocenters. The molecule has 0 aromatic heterocycles. The first kappa shape index (κ1) is 7.94. The van der Waals surface area contributed by atoms with Gasteiger partial charge in [-0.2, -0.15) is 10.2 Å². The van der Waals surface area contributed by atoms with Crippen molar-refractivity contribution in [1.29, 1.82) is 0 Å². The number of fused-ring (bicyclic) bond motifs is 1. The number of carbonyl (C=O) groups is 1. The molecule has 3 atom stereocenters. The van der Waals surface area contributed by atoms with Crippen LogP contribution in [0.1, 0.15) is 0 Å². The molecule has 0 bridgehead atoms. The average molecular weight is 190 g/mol. The van der Waals surface area contributed by atoms with Crippen LogP contribution in [0.15, 0.2) is 10.2 Å². The lowest BCUT2D eigenvalue weighted by molar-refractivity contribution is -0.121. The molecule has 0 radical (unpaired) electrons. The molecule has 12 heavy (non-hydrogen) atoms. The van der Waals surface area contributed by atoms with Gasteiger partial charge in [-0.3, -0.25) is 4.79 Å². The highest BCUT2D eigenvalue weighted by Gasteiger charge is 2.58. The van der Waals surface area contributed by atoms with Crippen LogP contribution < -0.4 is 5.32 Å². The number of nitrogens with one attached hydrogen (secondary N) is 1. The lowest BCUT2D eigenvalue weighted by Gasteiger charge is -2.22. The summed E-state index contributed by atoms with van der Waals surface area (Å²) in [6, 6.07) is -0.580. The number of hydrogen-bond donors (Lipinski definition) is 1. The van der Waals surface area contributed by atoms with E-state index in [1.807, 2.05) is 0 Å². The molecular formula is C6H8ClN3O2. The van der Waals surface area contributed by atoms with Crippen molar-refractivity contribution in [3.63, 3.8) is 0 Å². The third-order valence-corrected chi connectivity index (χ3v) is 2.68. The smallest absolute Gasteiger partial charge is 0.250 e. The topological polar surface area (TPSA) is 63.0 Å². The van der Waals surface area contributed by atoms with Crippen LogP contribution >= 0.6 is 11.6 Å². The Bertz CT molecular complexity index is 257. The number of alkyl halides is 1. The predicted molar refractivity (Wildman–Crippen MR) is 41.0 cm³/mol. The second kappa shape index (κ2) is 2.40. The maximum absolute atomic E-state index is 11.2. The van der Waals surface area contributed by atoms with Gasteiger partial charge in [0.1, 0.15) is 4.87 Å². The van der Waals surface area contributed by atoms with Crippen molar-refractivity contribution >= 4 is 17.5 Å². The van der Waals surface area contributed by atoms with Crippen molar-refractivity contribution < 1.29 is 9.53 Å². The van der Waals surface area contributed by atoms with E-state index in [1.54, 1.807) is 0 Å². The van der Waals surface area contributed by atoms with Gasteiger partial charge in [-0.25, -0.2) is 0 Å². The largest absolute Gasteiger partial charge is 0.360 e. The Kier molecular flexibility index (Phi) is 1.59. The number of amides is 1. The summed E-state index contributed by atoms with van der Waals surface area (Å²) in [5, 5.41) is 10.1. The Hall–Kier alpha value is -0.680. The first-order valence-corrected chi connectivity index (χ1v) is 3.95. The maximum atomic E-state index is 11.2. The summed E-state index contributed by atoms with van der Waals surface area (Å²) in [5.74, 6) is -0.210. The number of halogens is 1. The van der Waals surface area contributed by atoms with Crippen LogP contribution in [0, 0.1) is 0 Å². The van der Waals surface area contributed by atoms with Gasteiger partial charge in [0, 0.05) is 7.11 Å². The van der Waals surface area contributed by atoms with E-state index in [2.05, 4.69) is 15.5 Å². The van der Waals surface area contributed by atoms with Crippen LogP contribution in [0.25, 0.3) is 0 Å². The summed E-state index contributed by atoms with van der Waals surface area (Å²) < 4.78 is 5.01. The molecule has 2 rings (SSSR count). The zero-order chi connectivity index (χ0) is 8.77. The average Bonchev–Trinajstić information content (AvgIpc) is 2.51. The van der Waals surface area contributed by atoms with Gasteiger partial charge in [-0.05, 0) is 0 Å². The zero-order valence-corrected chi connectivity index (χ0v) is 7.21. The van der Waals surface area contributed by atoms with Gasteiger partial charge in [-0.1, -0.05) is 0 Å². The Morgan fingerprint density at radius 3 is 3.25 bits per heavy atom. The summed E-state index contributed by atoms with van der Waals surface area (Å²) >= 11 is 6.13. The summed E-state index contributed by atoms with van der Waals surface area (Å²) in [7, 11) is 1.50. The number of rotatable bonds is 1. The standard InChI is InChI=1S/C6H8ClN3O2/c1-12-5-6(7)2-8-10-3(6)4(11)9-5/h3,5H,2H2,1H3,(H,9,11)/t3-,5-,6+/m1/s1. The van der Waals surface area contributed by atoms with Gasteiger partial charge < -0.3 is 10.1 Å². The fourth-order valence-corrected chi connectivity index (χ4v) is 1.83. The van der Waals surface area contributed by atoms with E-state index in [4.69, 9.17) is 16.3 Å². The van der Waals surface area contributed by atoms with E-state index < -0.39 is 17.1 Å². The number of nitrogens with zero attached hydrogens (tertiary/aromatic N) is 2. The first-order chi connectivity index (χ1) is 5.68. The van der Waals surface area contributed by atoms with Gasteiger partial charge in [0.2, 0.25) is 0 Å². The SMILES string of the molecule is CO[C@H]1NC(=O)[C@H]2N=NC[C@@]12Cl. The van der Waals surface area contributed by atoms with Crippen LogP contribution in [-0.2, 0) is 9.53 Å². The van der Waals surface area contributed by atoms with Crippen molar-refractivity contribution in [1.82, 2.24) is 5.32 Å². The Labute approximate surface area is 74.1 Å². The number of methoxy groups -OCH3 is 1. The van der Waals surface area contributed by atoms with Gasteiger partial charge in [0.15, 0.2) is 12.3 Å². The minimum Gasteiger partial charge on any atom is -0.360 e. The van der Waals surface area contributed by atoms with Gasteiger partial charge in [-0.15, -0.1) is 11.6 Å². The molecule has 5 nitrogen and oxygen atoms in total. The van der Waals surface area contributed by atoms with Gasteiger partial charge >= 0.3 is 0 Å². The summed E-state index contributed by atoms with van der Waals surface area (Å²) in [6.45, 7) is 0.330. The predicted octanol–water partition coefficient (Wildman–Crippen LogP) is -0.0993. The molecule has 1 fully saturated rings. The second-order valence-electron chi connectivity index (χ2n) is 2.87. The van der Waals surface area contributed by atoms with Crippen molar-refractivity contribution in [3.05, 3.63) is 0 Å². The van der Waals surface area contributed by atoms with Crippen molar-refractivity contribution in [2.75, 3.05) is 13.7 Å². The maximum Gasteiger partial charge on any atom is 0.250 e. The van der Waals surface area contributed by atoms with Crippen molar-refractivity contribution in [3.8, 4) is 0 Å². The van der Waals surface area contributed by atoms with Gasteiger partial charge in [0.05, 0.1) is 6.54 Å². The van der Waals surface area contributed by atoms with E-state index in [-0.39, 0.29) is 5.91 Å². The van der Waals surface area contributed by atoms with E-state index in [1.165, 1.54) is 7.11 Å². The molecule has 0 spiro atoms. The quantitative estimate of drug-likeness (QED) is 0.586. The Morgan fingerprint density at radius 1 is 1.83 bits per heavy atom. The van der Waals surface area contributed by atoms with Crippen LogP contribution in [0.2, 0.25) is 0 Å². The summed E-state index contributed by atoms with van der Waals surface area (Å²) in [6.07, 6.45) is -0.480. The highest BCUT2D eigenvalue weighted by Crippen LogP contribution is 2.37. The van der Waals surface area contributed by atoms with Crippen LogP contribution in [-0.4, -0.2) is 36.7 Å². The Morgan fingerprint density at radius 2 is 2.58 bits per heavy atom. The highest BCUT2D eigenvalue weighted by molar-refractivity contribution is 6.28. The number of azo groups is 1. The minimum absolute atomic E-state index is 0.210. The fourth-order valence-electron chi connectivity index (χ4n) is 1.49. The molecule has 66 valence electrons. The van der Waals surface area contributed by atoms with Crippen molar-refractivity contribution in [2.24, 2.45) is 10.2 Å². The molecule has 1 saturated heterocycles. The third kappa shape index (κ3) is 0.804. The van der Waals surface area contributed by atoms with E-state index in [0.29, 0.717) is 6.54 Å². The minimum atomic E-state index is -0.800. The molecule has 1 N–H and O–H groups in total. The number of ether oxygens (including phenoxy) is 1. The first-order valence-electron chi connectivity index (χ1n) is 3.57. The second-order valence-corrected chi connectivity index (χ2v) is 3.57. The zero-order valence-electron chi connectivity index (χ0n) is 6.45. The molecule has 6 heteroatoms. The van der Waals surface area contributed by atoms with E-state index in [9.17, 15) is 4.79 Å². The van der Waals surface area contributed by atoms with E-state index in [0.717, 1.165) is 0 Å². The highest BCUT2D eigenvalue weighted by atomic mass is 35.5. The molecule has 2 aliphatic rings. The summed E-state index contributed by atoms with van der Waals surface area (Å²) in [4.78, 5) is 10.4. The number of carbonyl (C=O) groups excluding carboxylic acids is 1. The number of hydrogen-bond acceptors (Lipinski definition) is 4. The lowest BCUT2D eigenvalue weighted by Crippen LogP contribution is -2.44. The molecule has 0 aromatic rings. The molecule has 0 aromatic carbocycles. The third-order valence-electron chi connectivity index (χ3n) is 2.16. The summed E-state index contributed by atoms with van der Waals surface area (Å²) in [5.41, 5.74) is 0. The molecule has 0 saturated carbocycles. The monoisotopic (exact) mass is 189 g/mol. The Balaban J connectivity index is 2.31. The molecule has 2 heterocycles. The van der Waals surface area contributed by atoms with Gasteiger partial charge in [0.25, 0.3) is 5.91 Å². The molecular weight excluding hydrogens is 182 g/mol. The molecule has 2 aliphatic heterocycles. The molecule has 1 amide bonds. The van der Waals surface area contributed by atoms with E-state index >= 15 is 0 Å². The lowest BCUT2D eigenvalue weighted by atomic mass is 10.0.